The van der Waals surface area contributed by atoms with Gasteiger partial charge in [-0.2, -0.15) is 8.42 Å². The SMILES string of the molecule is CSC=CCC/C(=N/OS(=O)(=O)O)S[C@@H]1O[C@H](CO)[C@@H](O)[C@H](O)[C@H]1O. The molecule has 1 heterocycles. The molecule has 146 valence electrons. The number of hydrogen-bond donors (Lipinski definition) is 5. The van der Waals surface area contributed by atoms with Crippen LogP contribution < -0.4 is 0 Å². The summed E-state index contributed by atoms with van der Waals surface area (Å²) in [5.41, 5.74) is -1.14. The molecule has 0 radical (unpaired) electrons. The van der Waals surface area contributed by atoms with E-state index in [-0.39, 0.29) is 11.5 Å². The molecule has 0 aromatic heterocycles. The molecule has 1 fully saturated rings. The fourth-order valence-corrected chi connectivity index (χ4v) is 3.53. The molecule has 0 aromatic carbocycles. The van der Waals surface area contributed by atoms with Gasteiger partial charge in [-0.25, -0.2) is 4.28 Å². The van der Waals surface area contributed by atoms with Crippen LogP contribution in [-0.2, 0) is 19.4 Å². The molecule has 0 aromatic rings. The Morgan fingerprint density at radius 1 is 1.28 bits per heavy atom. The third kappa shape index (κ3) is 7.80. The van der Waals surface area contributed by atoms with Crippen molar-refractivity contribution in [2.45, 2.75) is 42.7 Å². The first-order valence-electron chi connectivity index (χ1n) is 7.07. The maximum absolute atomic E-state index is 10.7. The van der Waals surface area contributed by atoms with E-state index < -0.39 is 46.9 Å². The number of allylic oxidation sites excluding steroid dienone is 1. The maximum Gasteiger partial charge on any atom is 0.466 e. The van der Waals surface area contributed by atoms with Gasteiger partial charge in [-0.05, 0) is 18.1 Å². The summed E-state index contributed by atoms with van der Waals surface area (Å²) < 4.78 is 39.3. The zero-order valence-corrected chi connectivity index (χ0v) is 15.7. The smallest absolute Gasteiger partial charge is 0.394 e. The first-order valence-corrected chi connectivity index (χ1v) is 10.6. The molecule has 0 aliphatic carbocycles. The maximum atomic E-state index is 10.7. The first-order chi connectivity index (χ1) is 11.7. The van der Waals surface area contributed by atoms with Gasteiger partial charge < -0.3 is 25.2 Å². The van der Waals surface area contributed by atoms with E-state index in [4.69, 9.17) is 14.4 Å². The highest BCUT2D eigenvalue weighted by Gasteiger charge is 2.44. The van der Waals surface area contributed by atoms with Gasteiger partial charge in [0, 0.05) is 6.42 Å². The fraction of sp³-hybridized carbons (Fsp3) is 0.750. The summed E-state index contributed by atoms with van der Waals surface area (Å²) in [5.74, 6) is 0. The fourth-order valence-electron chi connectivity index (χ4n) is 1.88. The second-order valence-corrected chi connectivity index (χ2v) is 7.87. The van der Waals surface area contributed by atoms with Gasteiger partial charge in [-0.3, -0.25) is 4.55 Å². The molecule has 0 saturated carbocycles. The molecule has 0 unspecified atom stereocenters. The van der Waals surface area contributed by atoms with Crippen molar-refractivity contribution in [2.24, 2.45) is 5.16 Å². The van der Waals surface area contributed by atoms with E-state index in [2.05, 4.69) is 9.44 Å². The predicted octanol–water partition coefficient (Wildman–Crippen LogP) is -0.691. The monoisotopic (exact) mass is 419 g/mol. The lowest BCUT2D eigenvalue weighted by molar-refractivity contribution is -0.205. The molecule has 0 spiro atoms. The number of aliphatic hydroxyl groups is 4. The molecule has 1 aliphatic rings. The van der Waals surface area contributed by atoms with E-state index >= 15 is 0 Å². The van der Waals surface area contributed by atoms with Crippen LogP contribution in [0, 0.1) is 0 Å². The van der Waals surface area contributed by atoms with Gasteiger partial charge in [0.2, 0.25) is 0 Å². The van der Waals surface area contributed by atoms with Crippen molar-refractivity contribution in [1.29, 1.82) is 0 Å². The van der Waals surface area contributed by atoms with Crippen molar-refractivity contribution in [3.63, 3.8) is 0 Å². The highest BCUT2D eigenvalue weighted by atomic mass is 32.3. The lowest BCUT2D eigenvalue weighted by Crippen LogP contribution is -2.57. The van der Waals surface area contributed by atoms with Gasteiger partial charge in [0.05, 0.1) is 6.61 Å². The second kappa shape index (κ2) is 10.7. The Bertz CT molecular complexity index is 566. The molecular weight excluding hydrogens is 398 g/mol. The minimum absolute atomic E-state index is 0.0627. The number of hydrogen-bond acceptors (Lipinski definition) is 11. The molecule has 5 atom stereocenters. The normalized spacial score (nSPS) is 31.4. The zero-order valence-electron chi connectivity index (χ0n) is 13.2. The quantitative estimate of drug-likeness (QED) is 0.146. The third-order valence-corrected chi connectivity index (χ3v) is 4.99. The van der Waals surface area contributed by atoms with Gasteiger partial charge in [0.1, 0.15) is 34.9 Å². The molecule has 13 heteroatoms. The summed E-state index contributed by atoms with van der Waals surface area (Å²) >= 11 is 2.21. The van der Waals surface area contributed by atoms with Crippen molar-refractivity contribution in [1.82, 2.24) is 0 Å². The van der Waals surface area contributed by atoms with Crippen LogP contribution in [0.25, 0.3) is 0 Å². The average molecular weight is 419 g/mol. The van der Waals surface area contributed by atoms with Crippen LogP contribution in [0.1, 0.15) is 12.8 Å². The number of aliphatic hydroxyl groups excluding tert-OH is 4. The van der Waals surface area contributed by atoms with E-state index in [9.17, 15) is 23.7 Å². The van der Waals surface area contributed by atoms with Crippen LogP contribution in [0.3, 0.4) is 0 Å². The van der Waals surface area contributed by atoms with Crippen molar-refractivity contribution >= 4 is 39.0 Å². The highest BCUT2D eigenvalue weighted by molar-refractivity contribution is 8.14. The van der Waals surface area contributed by atoms with Gasteiger partial charge >= 0.3 is 10.4 Å². The number of nitrogens with zero attached hydrogens (tertiary/aromatic N) is 1. The van der Waals surface area contributed by atoms with E-state index in [1.54, 1.807) is 11.5 Å². The van der Waals surface area contributed by atoms with Crippen molar-refractivity contribution < 1.29 is 42.4 Å². The van der Waals surface area contributed by atoms with Gasteiger partial charge in [0.25, 0.3) is 0 Å². The first kappa shape index (κ1) is 22.7. The summed E-state index contributed by atoms with van der Waals surface area (Å²) in [5, 5.41) is 43.8. The van der Waals surface area contributed by atoms with Crippen LogP contribution >= 0.6 is 23.5 Å². The van der Waals surface area contributed by atoms with Crippen LogP contribution in [-0.4, -0.2) is 81.2 Å². The number of thioether (sulfide) groups is 2. The molecule has 1 saturated heterocycles. The minimum atomic E-state index is -4.80. The van der Waals surface area contributed by atoms with Crippen LogP contribution in [0.4, 0.5) is 0 Å². The van der Waals surface area contributed by atoms with E-state index in [0.717, 1.165) is 11.8 Å². The molecule has 1 rings (SSSR count). The predicted molar refractivity (Wildman–Crippen MR) is 93.3 cm³/mol. The van der Waals surface area contributed by atoms with Crippen LogP contribution in [0.5, 0.6) is 0 Å². The molecule has 1 aliphatic heterocycles. The van der Waals surface area contributed by atoms with Crippen molar-refractivity contribution in [3.8, 4) is 0 Å². The molecule has 0 amide bonds. The molecule has 10 nitrogen and oxygen atoms in total. The topological polar surface area (TPSA) is 166 Å². The summed E-state index contributed by atoms with van der Waals surface area (Å²) in [6.07, 6.45) is -1.38. The van der Waals surface area contributed by atoms with E-state index in [1.807, 2.05) is 6.26 Å². The van der Waals surface area contributed by atoms with Crippen molar-refractivity contribution in [3.05, 3.63) is 11.5 Å². The lowest BCUT2D eigenvalue weighted by Gasteiger charge is -2.39. The van der Waals surface area contributed by atoms with Gasteiger partial charge in [0.15, 0.2) is 0 Å². The second-order valence-electron chi connectivity index (χ2n) is 4.95. The number of ether oxygens (including phenoxy) is 1. The highest BCUT2D eigenvalue weighted by Crippen LogP contribution is 2.30. The molecular formula is C12H21NO9S3. The Labute approximate surface area is 153 Å². The number of oxime groups is 1. The summed E-state index contributed by atoms with van der Waals surface area (Å²) in [4.78, 5) is 0. The van der Waals surface area contributed by atoms with Crippen molar-refractivity contribution in [2.75, 3.05) is 12.9 Å². The molecule has 25 heavy (non-hydrogen) atoms. The third-order valence-electron chi connectivity index (χ3n) is 3.09. The van der Waals surface area contributed by atoms with Crippen LogP contribution in [0.15, 0.2) is 16.6 Å². The average Bonchev–Trinajstić information content (AvgIpc) is 2.55. The Morgan fingerprint density at radius 3 is 2.52 bits per heavy atom. The largest absolute Gasteiger partial charge is 0.466 e. The summed E-state index contributed by atoms with van der Waals surface area (Å²) in [6, 6.07) is 0. The Morgan fingerprint density at radius 2 is 1.96 bits per heavy atom. The Balaban J connectivity index is 2.85. The zero-order chi connectivity index (χ0) is 19.0. The summed E-state index contributed by atoms with van der Waals surface area (Å²) in [6.45, 7) is -0.591. The van der Waals surface area contributed by atoms with Gasteiger partial charge in [-0.15, -0.1) is 11.8 Å². The molecule has 0 bridgehead atoms. The standard InChI is InChI=1S/C12H21NO9S3/c1-23-5-3-2-4-8(13-22-25(18,19)20)24-12-11(17)10(16)9(15)7(6-14)21-12/h3,5,7,9-12,14-17H,2,4,6H2,1H3,(H,18,19,20)/b5-3?,13-8-/t7-,9-,10+,11-,12+/m1/s1. The van der Waals surface area contributed by atoms with Gasteiger partial charge in [-0.1, -0.05) is 23.0 Å². The van der Waals surface area contributed by atoms with E-state index in [1.165, 1.54) is 11.8 Å². The summed E-state index contributed by atoms with van der Waals surface area (Å²) in [7, 11) is -4.80. The lowest BCUT2D eigenvalue weighted by atomic mass is 10.0. The number of rotatable bonds is 8. The Kier molecular flexibility index (Phi) is 9.69. The Hall–Kier alpha value is -0.380. The minimum Gasteiger partial charge on any atom is -0.394 e. The van der Waals surface area contributed by atoms with E-state index in [0.29, 0.717) is 6.42 Å². The molecule has 5 N–H and O–H groups in total. The van der Waals surface area contributed by atoms with Crippen LogP contribution in [0.2, 0.25) is 0 Å².